The molecule has 0 saturated heterocycles. The maximum Gasteiger partial charge on any atom is 0.264 e. The van der Waals surface area contributed by atoms with Gasteiger partial charge in [-0.3, -0.25) is 13.9 Å². The van der Waals surface area contributed by atoms with E-state index in [9.17, 15) is 18.0 Å². The fourth-order valence-corrected chi connectivity index (χ4v) is 5.71. The van der Waals surface area contributed by atoms with Crippen LogP contribution in [0.5, 0.6) is 11.5 Å². The summed E-state index contributed by atoms with van der Waals surface area (Å²) < 4.78 is 39.5. The highest BCUT2D eigenvalue weighted by molar-refractivity contribution is 7.92. The van der Waals surface area contributed by atoms with Crippen LogP contribution in [0, 0.1) is 0 Å². The lowest BCUT2D eigenvalue weighted by Crippen LogP contribution is -2.52. The van der Waals surface area contributed by atoms with Crippen LogP contribution in [0.2, 0.25) is 0 Å². The Labute approximate surface area is 230 Å². The summed E-state index contributed by atoms with van der Waals surface area (Å²) in [6, 6.07) is 21.4. The Kier molecular flexibility index (Phi) is 10.3. The van der Waals surface area contributed by atoms with E-state index >= 15 is 0 Å². The minimum absolute atomic E-state index is 0.0174. The number of sulfonamides is 1. The van der Waals surface area contributed by atoms with Crippen molar-refractivity contribution in [1.82, 2.24) is 10.2 Å². The maximum atomic E-state index is 13.9. The van der Waals surface area contributed by atoms with E-state index in [0.29, 0.717) is 18.6 Å². The quantitative estimate of drug-likeness (QED) is 0.347. The Hall–Kier alpha value is -4.05. The Morgan fingerprint density at radius 1 is 0.897 bits per heavy atom. The van der Waals surface area contributed by atoms with Crippen molar-refractivity contribution in [3.05, 3.63) is 84.4 Å². The van der Waals surface area contributed by atoms with E-state index in [0.717, 1.165) is 9.87 Å². The summed E-state index contributed by atoms with van der Waals surface area (Å²) in [6.45, 7) is 1.52. The molecule has 0 unspecified atom stereocenters. The highest BCUT2D eigenvalue weighted by atomic mass is 32.2. The van der Waals surface area contributed by atoms with Gasteiger partial charge in [-0.15, -0.1) is 0 Å². The second-order valence-corrected chi connectivity index (χ2v) is 10.6. The zero-order chi connectivity index (χ0) is 28.4. The van der Waals surface area contributed by atoms with Crippen LogP contribution in [0.4, 0.5) is 5.69 Å². The number of carbonyl (C=O) groups excluding carboxylic acids is 2. The monoisotopic (exact) mass is 553 g/mol. The highest BCUT2D eigenvalue weighted by Gasteiger charge is 2.34. The molecular weight excluding hydrogens is 518 g/mol. The number of amides is 2. The molecule has 3 aromatic carbocycles. The van der Waals surface area contributed by atoms with Crippen LogP contribution in [0.3, 0.4) is 0 Å². The second kappa shape index (κ2) is 13.7. The van der Waals surface area contributed by atoms with Gasteiger partial charge in [0.1, 0.15) is 24.1 Å². The van der Waals surface area contributed by atoms with Crippen LogP contribution in [0.15, 0.2) is 83.8 Å². The summed E-state index contributed by atoms with van der Waals surface area (Å²) in [5, 5.41) is 2.62. The van der Waals surface area contributed by atoms with Gasteiger partial charge in [0.15, 0.2) is 0 Å². The number of para-hydroxylation sites is 2. The fourth-order valence-electron chi connectivity index (χ4n) is 4.29. The third-order valence-electron chi connectivity index (χ3n) is 6.40. The number of hydrogen-bond acceptors (Lipinski definition) is 6. The van der Waals surface area contributed by atoms with Gasteiger partial charge in [-0.25, -0.2) is 8.42 Å². The van der Waals surface area contributed by atoms with Gasteiger partial charge in [-0.05, 0) is 54.8 Å². The average molecular weight is 554 g/mol. The molecule has 208 valence electrons. The molecule has 0 fully saturated rings. The molecule has 10 heteroatoms. The predicted molar refractivity (Wildman–Crippen MR) is 151 cm³/mol. The standard InChI is InChI=1S/C29H35N3O6S/c1-5-25(29(34)30-2)31(20-19-22-11-7-6-8-12-22)28(33)21-32(26-13-9-10-14-27(26)38-4)39(35,36)24-17-15-23(37-3)16-18-24/h6-18,25H,5,19-21H2,1-4H3,(H,30,34)/t25-/m0/s1. The molecule has 0 saturated carbocycles. The van der Waals surface area contributed by atoms with Gasteiger partial charge in [0.2, 0.25) is 11.8 Å². The Morgan fingerprint density at radius 3 is 2.13 bits per heavy atom. The van der Waals surface area contributed by atoms with Crippen molar-refractivity contribution in [1.29, 1.82) is 0 Å². The van der Waals surface area contributed by atoms with E-state index in [1.165, 1.54) is 38.3 Å². The molecule has 3 aromatic rings. The van der Waals surface area contributed by atoms with E-state index in [-0.39, 0.29) is 28.8 Å². The van der Waals surface area contributed by atoms with Gasteiger partial charge in [0.05, 0.1) is 24.8 Å². The van der Waals surface area contributed by atoms with Gasteiger partial charge in [-0.2, -0.15) is 0 Å². The molecule has 0 radical (unpaired) electrons. The minimum atomic E-state index is -4.22. The lowest BCUT2D eigenvalue weighted by atomic mass is 10.1. The highest BCUT2D eigenvalue weighted by Crippen LogP contribution is 2.33. The van der Waals surface area contributed by atoms with E-state index in [1.54, 1.807) is 36.4 Å². The third kappa shape index (κ3) is 7.08. The van der Waals surface area contributed by atoms with E-state index in [1.807, 2.05) is 37.3 Å². The summed E-state index contributed by atoms with van der Waals surface area (Å²) in [5.41, 5.74) is 1.20. The van der Waals surface area contributed by atoms with Crippen molar-refractivity contribution in [3.8, 4) is 11.5 Å². The van der Waals surface area contributed by atoms with Gasteiger partial charge in [0.25, 0.3) is 10.0 Å². The number of carbonyl (C=O) groups is 2. The summed E-state index contributed by atoms with van der Waals surface area (Å²) in [5.74, 6) is -0.0426. The minimum Gasteiger partial charge on any atom is -0.497 e. The molecule has 2 amide bonds. The molecule has 0 bridgehead atoms. The van der Waals surface area contributed by atoms with Gasteiger partial charge in [0, 0.05) is 13.6 Å². The van der Waals surface area contributed by atoms with Gasteiger partial charge >= 0.3 is 0 Å². The van der Waals surface area contributed by atoms with Crippen molar-refractivity contribution < 1.29 is 27.5 Å². The molecular formula is C29H35N3O6S. The van der Waals surface area contributed by atoms with Gasteiger partial charge < -0.3 is 19.7 Å². The number of nitrogens with zero attached hydrogens (tertiary/aromatic N) is 2. The number of rotatable bonds is 13. The molecule has 3 rings (SSSR count). The maximum absolute atomic E-state index is 13.9. The molecule has 0 aromatic heterocycles. The van der Waals surface area contributed by atoms with Crippen LogP contribution >= 0.6 is 0 Å². The number of methoxy groups -OCH3 is 2. The SMILES string of the molecule is CC[C@@H](C(=O)NC)N(CCc1ccccc1)C(=O)CN(c1ccccc1OC)S(=O)(=O)c1ccc(OC)cc1. The molecule has 0 aliphatic carbocycles. The van der Waals surface area contributed by atoms with Crippen molar-refractivity contribution in [3.63, 3.8) is 0 Å². The Balaban J connectivity index is 2.04. The number of benzene rings is 3. The normalized spacial score (nSPS) is 11.8. The van der Waals surface area contributed by atoms with Crippen molar-refractivity contribution in [2.45, 2.75) is 30.7 Å². The Bertz CT molecular complexity index is 1350. The number of ether oxygens (including phenoxy) is 2. The summed E-state index contributed by atoms with van der Waals surface area (Å²) >= 11 is 0. The molecule has 0 spiro atoms. The van der Waals surface area contributed by atoms with Crippen LogP contribution in [0.1, 0.15) is 18.9 Å². The van der Waals surface area contributed by atoms with Crippen LogP contribution in [-0.4, -0.2) is 65.5 Å². The zero-order valence-corrected chi connectivity index (χ0v) is 23.5. The number of anilines is 1. The molecule has 39 heavy (non-hydrogen) atoms. The van der Waals surface area contributed by atoms with E-state index in [4.69, 9.17) is 9.47 Å². The largest absolute Gasteiger partial charge is 0.497 e. The third-order valence-corrected chi connectivity index (χ3v) is 8.17. The number of nitrogens with one attached hydrogen (secondary N) is 1. The fraction of sp³-hybridized carbons (Fsp3) is 0.310. The summed E-state index contributed by atoms with van der Waals surface area (Å²) in [4.78, 5) is 28.1. The molecule has 9 nitrogen and oxygen atoms in total. The smallest absolute Gasteiger partial charge is 0.264 e. The van der Waals surface area contributed by atoms with Crippen molar-refractivity contribution >= 4 is 27.5 Å². The first-order valence-corrected chi connectivity index (χ1v) is 14.1. The molecule has 0 heterocycles. The van der Waals surface area contributed by atoms with E-state index in [2.05, 4.69) is 5.32 Å². The first kappa shape index (κ1) is 29.5. The average Bonchev–Trinajstić information content (AvgIpc) is 2.97. The topological polar surface area (TPSA) is 105 Å². The second-order valence-electron chi connectivity index (χ2n) is 8.72. The van der Waals surface area contributed by atoms with Crippen molar-refractivity contribution in [2.24, 2.45) is 0 Å². The predicted octanol–water partition coefficient (Wildman–Crippen LogP) is 3.50. The first-order chi connectivity index (χ1) is 18.8. The lowest BCUT2D eigenvalue weighted by Gasteiger charge is -2.33. The first-order valence-electron chi connectivity index (χ1n) is 12.6. The zero-order valence-electron chi connectivity index (χ0n) is 22.7. The molecule has 0 aliphatic heterocycles. The summed E-state index contributed by atoms with van der Waals surface area (Å²) in [6.07, 6.45) is 0.861. The van der Waals surface area contributed by atoms with Gasteiger partial charge in [-0.1, -0.05) is 49.4 Å². The number of likely N-dealkylation sites (N-methyl/N-ethyl adjacent to an activating group) is 1. The summed E-state index contributed by atoms with van der Waals surface area (Å²) in [7, 11) is 0.222. The van der Waals surface area contributed by atoms with E-state index < -0.39 is 28.5 Å². The Morgan fingerprint density at radius 2 is 1.54 bits per heavy atom. The lowest BCUT2D eigenvalue weighted by molar-refractivity contribution is -0.139. The molecule has 0 aliphatic rings. The van der Waals surface area contributed by atoms with Crippen LogP contribution in [0.25, 0.3) is 0 Å². The van der Waals surface area contributed by atoms with Crippen LogP contribution in [-0.2, 0) is 26.0 Å². The molecule has 1 N–H and O–H groups in total. The van der Waals surface area contributed by atoms with Crippen LogP contribution < -0.4 is 19.1 Å². The van der Waals surface area contributed by atoms with Crippen molar-refractivity contribution in [2.75, 3.05) is 38.7 Å². The molecule has 1 atom stereocenters. The number of hydrogen-bond donors (Lipinski definition) is 1.